The average molecular weight is 482 g/mol. The molecule has 0 N–H and O–H groups in total. The van der Waals surface area contributed by atoms with Crippen molar-refractivity contribution in [1.82, 2.24) is 0 Å². The van der Waals surface area contributed by atoms with Gasteiger partial charge in [-0.1, -0.05) is 18.2 Å². The van der Waals surface area contributed by atoms with Gasteiger partial charge in [-0.15, -0.1) is 0 Å². The van der Waals surface area contributed by atoms with E-state index >= 15 is 0 Å². The van der Waals surface area contributed by atoms with Crippen molar-refractivity contribution < 1.29 is 27.5 Å². The number of ether oxygens (including phenoxy) is 2. The Hall–Kier alpha value is -3.65. The predicted molar refractivity (Wildman–Crippen MR) is 130 cm³/mol. The number of para-hydroxylation sites is 2. The summed E-state index contributed by atoms with van der Waals surface area (Å²) in [6.07, 6.45) is 0. The van der Waals surface area contributed by atoms with Gasteiger partial charge in [0.2, 0.25) is 5.78 Å². The van der Waals surface area contributed by atoms with Gasteiger partial charge in [0.15, 0.2) is 6.61 Å². The maximum atomic E-state index is 13.0. The first-order chi connectivity index (χ1) is 16.1. The van der Waals surface area contributed by atoms with E-state index in [2.05, 4.69) is 0 Å². The van der Waals surface area contributed by atoms with Crippen molar-refractivity contribution in [2.45, 2.75) is 25.7 Å². The highest BCUT2D eigenvalue weighted by atomic mass is 32.2. The van der Waals surface area contributed by atoms with Crippen LogP contribution in [0, 0.1) is 20.8 Å². The summed E-state index contributed by atoms with van der Waals surface area (Å²) in [5.74, 6) is -0.596. The standard InChI is InChI=1S/C26H27NO6S/c1-17-14-19(3)22(15-18(17)2)24(28)16-33-26(29)20-10-12-21(13-11-20)34(30,31)27(4)23-8-6-7-9-25(23)32-5/h6-15H,16H2,1-5H3. The summed E-state index contributed by atoms with van der Waals surface area (Å²) in [6.45, 7) is 5.31. The van der Waals surface area contributed by atoms with Gasteiger partial charge in [-0.05, 0) is 79.9 Å². The highest BCUT2D eigenvalue weighted by Crippen LogP contribution is 2.30. The van der Waals surface area contributed by atoms with Gasteiger partial charge in [-0.3, -0.25) is 9.10 Å². The summed E-state index contributed by atoms with van der Waals surface area (Å²) in [5, 5.41) is 0. The van der Waals surface area contributed by atoms with Crippen LogP contribution in [0.4, 0.5) is 5.69 Å². The fraction of sp³-hybridized carbons (Fsp3) is 0.231. The van der Waals surface area contributed by atoms with Crippen molar-refractivity contribution in [2.24, 2.45) is 0 Å². The van der Waals surface area contributed by atoms with E-state index in [4.69, 9.17) is 9.47 Å². The second-order valence-electron chi connectivity index (χ2n) is 7.92. The Morgan fingerprint density at radius 2 is 1.50 bits per heavy atom. The van der Waals surface area contributed by atoms with Gasteiger partial charge in [0.1, 0.15) is 5.75 Å². The van der Waals surface area contributed by atoms with E-state index in [-0.39, 0.29) is 16.2 Å². The number of hydrogen-bond donors (Lipinski definition) is 0. The second kappa shape index (κ2) is 10.1. The summed E-state index contributed by atoms with van der Waals surface area (Å²) in [6, 6.07) is 15.8. The lowest BCUT2D eigenvalue weighted by Crippen LogP contribution is -2.27. The van der Waals surface area contributed by atoms with E-state index in [9.17, 15) is 18.0 Å². The monoisotopic (exact) mass is 481 g/mol. The molecule has 0 aliphatic rings. The highest BCUT2D eigenvalue weighted by molar-refractivity contribution is 7.92. The van der Waals surface area contributed by atoms with Crippen molar-refractivity contribution >= 4 is 27.5 Å². The quantitative estimate of drug-likeness (QED) is 0.348. The molecule has 0 atom stereocenters. The van der Waals surface area contributed by atoms with Crippen LogP contribution in [0.5, 0.6) is 5.75 Å². The number of anilines is 1. The molecule has 3 rings (SSSR count). The zero-order chi connectivity index (χ0) is 25.0. The Balaban J connectivity index is 1.72. The maximum Gasteiger partial charge on any atom is 0.338 e. The molecule has 34 heavy (non-hydrogen) atoms. The van der Waals surface area contributed by atoms with Crippen molar-refractivity contribution in [2.75, 3.05) is 25.1 Å². The number of carbonyl (C=O) groups is 2. The first kappa shape index (κ1) is 25.0. The number of aryl methyl sites for hydroxylation is 3. The van der Waals surface area contributed by atoms with Crippen LogP contribution in [-0.4, -0.2) is 40.9 Å². The number of rotatable bonds is 8. The Morgan fingerprint density at radius 1 is 0.882 bits per heavy atom. The molecule has 178 valence electrons. The van der Waals surface area contributed by atoms with Gasteiger partial charge in [0, 0.05) is 12.6 Å². The molecule has 0 saturated heterocycles. The molecule has 8 heteroatoms. The lowest BCUT2D eigenvalue weighted by atomic mass is 9.98. The molecular weight excluding hydrogens is 454 g/mol. The number of ketones is 1. The molecule has 3 aromatic rings. The van der Waals surface area contributed by atoms with Crippen LogP contribution in [0.2, 0.25) is 0 Å². The number of methoxy groups -OCH3 is 1. The molecule has 0 bridgehead atoms. The molecule has 0 unspecified atom stereocenters. The van der Waals surface area contributed by atoms with Crippen LogP contribution < -0.4 is 9.04 Å². The number of hydrogen-bond acceptors (Lipinski definition) is 6. The second-order valence-corrected chi connectivity index (χ2v) is 9.89. The molecule has 0 spiro atoms. The smallest absolute Gasteiger partial charge is 0.338 e. The van der Waals surface area contributed by atoms with Crippen LogP contribution in [0.1, 0.15) is 37.4 Å². The Kier molecular flexibility index (Phi) is 7.41. The van der Waals surface area contributed by atoms with Gasteiger partial charge < -0.3 is 9.47 Å². The number of nitrogens with zero attached hydrogens (tertiary/aromatic N) is 1. The topological polar surface area (TPSA) is 90.0 Å². The van der Waals surface area contributed by atoms with Gasteiger partial charge in [0.05, 0.1) is 23.3 Å². The fourth-order valence-electron chi connectivity index (χ4n) is 3.49. The summed E-state index contributed by atoms with van der Waals surface area (Å²) < 4.78 is 37.6. The zero-order valence-electron chi connectivity index (χ0n) is 19.8. The number of esters is 1. The minimum Gasteiger partial charge on any atom is -0.495 e. The van der Waals surface area contributed by atoms with Crippen molar-refractivity contribution in [1.29, 1.82) is 0 Å². The summed E-state index contributed by atoms with van der Waals surface area (Å²) >= 11 is 0. The van der Waals surface area contributed by atoms with Gasteiger partial charge in [-0.25, -0.2) is 13.2 Å². The Morgan fingerprint density at radius 3 is 2.15 bits per heavy atom. The summed E-state index contributed by atoms with van der Waals surface area (Å²) in [7, 11) is -1.00. The largest absolute Gasteiger partial charge is 0.495 e. The third kappa shape index (κ3) is 5.12. The van der Waals surface area contributed by atoms with Crippen LogP contribution >= 0.6 is 0 Å². The third-order valence-corrected chi connectivity index (χ3v) is 7.43. The molecule has 0 heterocycles. The van der Waals surface area contributed by atoms with E-state index in [0.29, 0.717) is 17.0 Å². The molecule has 0 radical (unpaired) electrons. The number of Topliss-reactive ketones (excluding diaryl/α,β-unsaturated/α-hetero) is 1. The predicted octanol–water partition coefficient (Wildman–Crippen LogP) is 4.49. The van der Waals surface area contributed by atoms with E-state index in [0.717, 1.165) is 21.0 Å². The van der Waals surface area contributed by atoms with Crippen molar-refractivity contribution in [3.8, 4) is 5.75 Å². The average Bonchev–Trinajstić information content (AvgIpc) is 2.84. The van der Waals surface area contributed by atoms with Crippen LogP contribution in [-0.2, 0) is 14.8 Å². The van der Waals surface area contributed by atoms with Crippen molar-refractivity contribution in [3.05, 3.63) is 88.5 Å². The first-order valence-electron chi connectivity index (χ1n) is 10.6. The van der Waals surface area contributed by atoms with Crippen LogP contribution in [0.25, 0.3) is 0 Å². The van der Waals surface area contributed by atoms with E-state index in [1.807, 2.05) is 26.8 Å². The van der Waals surface area contributed by atoms with Crippen molar-refractivity contribution in [3.63, 3.8) is 0 Å². The summed E-state index contributed by atoms with van der Waals surface area (Å²) in [4.78, 5) is 25.0. The highest BCUT2D eigenvalue weighted by Gasteiger charge is 2.24. The number of sulfonamides is 1. The first-order valence-corrected chi connectivity index (χ1v) is 12.0. The Labute approximate surface area is 200 Å². The normalized spacial score (nSPS) is 11.1. The number of benzene rings is 3. The van der Waals surface area contributed by atoms with E-state index in [1.54, 1.807) is 30.3 Å². The SMILES string of the molecule is COc1ccccc1N(C)S(=O)(=O)c1ccc(C(=O)OCC(=O)c2cc(C)c(C)cc2C)cc1. The fourth-order valence-corrected chi connectivity index (χ4v) is 4.70. The third-order valence-electron chi connectivity index (χ3n) is 5.65. The zero-order valence-corrected chi connectivity index (χ0v) is 20.6. The molecule has 3 aromatic carbocycles. The van der Waals surface area contributed by atoms with E-state index in [1.165, 1.54) is 38.4 Å². The molecule has 0 aromatic heterocycles. The number of carbonyl (C=O) groups excluding carboxylic acids is 2. The lowest BCUT2D eigenvalue weighted by molar-refractivity contribution is 0.0474. The van der Waals surface area contributed by atoms with Gasteiger partial charge in [-0.2, -0.15) is 0 Å². The molecule has 0 fully saturated rings. The lowest BCUT2D eigenvalue weighted by Gasteiger charge is -2.21. The Bertz CT molecular complexity index is 1330. The maximum absolute atomic E-state index is 13.0. The minimum atomic E-state index is -3.89. The molecular formula is C26H27NO6S. The molecule has 0 aliphatic carbocycles. The minimum absolute atomic E-state index is 0.000659. The summed E-state index contributed by atoms with van der Waals surface area (Å²) in [5.41, 5.74) is 3.92. The molecule has 0 saturated carbocycles. The van der Waals surface area contributed by atoms with Gasteiger partial charge >= 0.3 is 5.97 Å². The van der Waals surface area contributed by atoms with Crippen LogP contribution in [0.3, 0.4) is 0 Å². The van der Waals surface area contributed by atoms with E-state index < -0.39 is 22.6 Å². The van der Waals surface area contributed by atoms with Crippen LogP contribution in [0.15, 0.2) is 65.6 Å². The molecule has 0 aliphatic heterocycles. The van der Waals surface area contributed by atoms with Gasteiger partial charge in [0.25, 0.3) is 10.0 Å². The molecule has 7 nitrogen and oxygen atoms in total. The molecule has 0 amide bonds.